The molecule has 0 unspecified atom stereocenters. The number of carbonyl (C=O) groups is 1. The SMILES string of the molecule is CCc1nc(C(=O)O)c(-c2ccccc2OC(F)(F)F)s1. The Kier molecular flexibility index (Phi) is 4.17. The van der Waals surface area contributed by atoms with Crippen LogP contribution in [0.25, 0.3) is 10.4 Å². The van der Waals surface area contributed by atoms with Crippen LogP contribution in [0.1, 0.15) is 22.4 Å². The van der Waals surface area contributed by atoms with Gasteiger partial charge in [-0.2, -0.15) is 0 Å². The van der Waals surface area contributed by atoms with Gasteiger partial charge in [0.05, 0.1) is 9.88 Å². The van der Waals surface area contributed by atoms with Gasteiger partial charge in [-0.1, -0.05) is 19.1 Å². The van der Waals surface area contributed by atoms with Crippen molar-refractivity contribution in [3.63, 3.8) is 0 Å². The third kappa shape index (κ3) is 3.52. The molecule has 0 fully saturated rings. The standard InChI is InChI=1S/C13H10F3NO3S/c1-2-9-17-10(12(18)19)11(21-9)7-5-3-4-6-8(7)20-13(14,15)16/h3-6H,2H2,1H3,(H,18,19). The molecule has 4 nitrogen and oxygen atoms in total. The molecule has 2 aromatic rings. The third-order valence-corrected chi connectivity index (χ3v) is 3.77. The Bertz CT molecular complexity index is 667. The molecule has 1 aromatic carbocycles. The number of halogens is 3. The van der Waals surface area contributed by atoms with Gasteiger partial charge >= 0.3 is 12.3 Å². The number of aromatic nitrogens is 1. The summed E-state index contributed by atoms with van der Waals surface area (Å²) < 4.78 is 41.2. The normalized spacial score (nSPS) is 11.4. The molecule has 0 atom stereocenters. The predicted octanol–water partition coefficient (Wildman–Crippen LogP) is 3.97. The van der Waals surface area contributed by atoms with Crippen molar-refractivity contribution in [1.82, 2.24) is 4.98 Å². The number of aryl methyl sites for hydroxylation is 1. The summed E-state index contributed by atoms with van der Waals surface area (Å²) in [6, 6.07) is 5.41. The first-order valence-corrected chi connectivity index (χ1v) is 6.71. The van der Waals surface area contributed by atoms with E-state index in [0.29, 0.717) is 11.4 Å². The topological polar surface area (TPSA) is 59.4 Å². The molecule has 0 aliphatic carbocycles. The molecule has 0 amide bonds. The molecular formula is C13H10F3NO3S. The van der Waals surface area contributed by atoms with E-state index in [-0.39, 0.29) is 16.1 Å². The quantitative estimate of drug-likeness (QED) is 0.927. The highest BCUT2D eigenvalue weighted by atomic mass is 32.1. The molecule has 0 spiro atoms. The summed E-state index contributed by atoms with van der Waals surface area (Å²) in [4.78, 5) is 15.3. The van der Waals surface area contributed by atoms with Gasteiger partial charge in [0.1, 0.15) is 5.75 Å². The van der Waals surface area contributed by atoms with E-state index in [2.05, 4.69) is 9.72 Å². The molecule has 0 bridgehead atoms. The number of nitrogens with zero attached hydrogens (tertiary/aromatic N) is 1. The molecule has 1 N–H and O–H groups in total. The summed E-state index contributed by atoms with van der Waals surface area (Å²) >= 11 is 1.04. The Morgan fingerprint density at radius 1 is 1.38 bits per heavy atom. The summed E-state index contributed by atoms with van der Waals surface area (Å²) in [7, 11) is 0. The minimum absolute atomic E-state index is 0.0597. The number of aromatic carboxylic acids is 1. The van der Waals surface area contributed by atoms with Crippen molar-refractivity contribution in [3.05, 3.63) is 35.0 Å². The molecule has 0 saturated carbocycles. The number of alkyl halides is 3. The number of ether oxygens (including phenoxy) is 1. The molecule has 8 heteroatoms. The lowest BCUT2D eigenvalue weighted by Gasteiger charge is -2.12. The number of hydrogen-bond acceptors (Lipinski definition) is 4. The summed E-state index contributed by atoms with van der Waals surface area (Å²) in [6.07, 6.45) is -4.36. The fourth-order valence-corrected chi connectivity index (χ4v) is 2.74. The Labute approximate surface area is 121 Å². The number of para-hydroxylation sites is 1. The van der Waals surface area contributed by atoms with Crippen LogP contribution in [-0.2, 0) is 6.42 Å². The highest BCUT2D eigenvalue weighted by Crippen LogP contribution is 2.38. The number of rotatable bonds is 4. The average molecular weight is 317 g/mol. The van der Waals surface area contributed by atoms with Gasteiger partial charge in [-0.05, 0) is 18.6 Å². The van der Waals surface area contributed by atoms with Gasteiger partial charge in [0.25, 0.3) is 0 Å². The van der Waals surface area contributed by atoms with E-state index in [4.69, 9.17) is 5.11 Å². The minimum Gasteiger partial charge on any atom is -0.476 e. The number of benzene rings is 1. The van der Waals surface area contributed by atoms with Crippen molar-refractivity contribution in [2.45, 2.75) is 19.7 Å². The second-order valence-electron chi connectivity index (χ2n) is 3.99. The predicted molar refractivity (Wildman–Crippen MR) is 70.6 cm³/mol. The maximum absolute atomic E-state index is 12.4. The Balaban J connectivity index is 2.56. The molecular weight excluding hydrogens is 307 g/mol. The van der Waals surface area contributed by atoms with Gasteiger partial charge in [-0.3, -0.25) is 0 Å². The number of hydrogen-bond donors (Lipinski definition) is 1. The van der Waals surface area contributed by atoms with Crippen LogP contribution < -0.4 is 4.74 Å². The van der Waals surface area contributed by atoms with Crippen molar-refractivity contribution in [2.75, 3.05) is 0 Å². The molecule has 0 aliphatic rings. The minimum atomic E-state index is -4.85. The summed E-state index contributed by atoms with van der Waals surface area (Å²) in [5.74, 6) is -1.73. The monoisotopic (exact) mass is 317 g/mol. The average Bonchev–Trinajstić information content (AvgIpc) is 2.81. The maximum Gasteiger partial charge on any atom is 0.573 e. The summed E-state index contributed by atoms with van der Waals surface area (Å²) in [5, 5.41) is 9.67. The van der Waals surface area contributed by atoms with Crippen LogP contribution in [0.4, 0.5) is 13.2 Å². The number of thiazole rings is 1. The van der Waals surface area contributed by atoms with E-state index in [9.17, 15) is 18.0 Å². The van der Waals surface area contributed by atoms with Crippen LogP contribution in [0.3, 0.4) is 0 Å². The molecule has 21 heavy (non-hydrogen) atoms. The first-order chi connectivity index (χ1) is 9.81. The lowest BCUT2D eigenvalue weighted by molar-refractivity contribution is -0.274. The van der Waals surface area contributed by atoms with Crippen molar-refractivity contribution < 1.29 is 27.8 Å². The van der Waals surface area contributed by atoms with Gasteiger partial charge in [-0.25, -0.2) is 9.78 Å². The van der Waals surface area contributed by atoms with E-state index in [1.807, 2.05) is 0 Å². The number of carboxylic acids is 1. The van der Waals surface area contributed by atoms with Crippen LogP contribution in [0.2, 0.25) is 0 Å². The van der Waals surface area contributed by atoms with Crippen molar-refractivity contribution in [3.8, 4) is 16.2 Å². The largest absolute Gasteiger partial charge is 0.573 e. The highest BCUT2D eigenvalue weighted by molar-refractivity contribution is 7.15. The van der Waals surface area contributed by atoms with Crippen molar-refractivity contribution >= 4 is 17.3 Å². The maximum atomic E-state index is 12.4. The Hall–Kier alpha value is -2.09. The second kappa shape index (κ2) is 5.72. The Morgan fingerprint density at radius 3 is 2.62 bits per heavy atom. The van der Waals surface area contributed by atoms with E-state index < -0.39 is 18.1 Å². The van der Waals surface area contributed by atoms with Crippen LogP contribution in [-0.4, -0.2) is 22.4 Å². The lowest BCUT2D eigenvalue weighted by atomic mass is 10.1. The van der Waals surface area contributed by atoms with Gasteiger partial charge in [0.15, 0.2) is 5.69 Å². The van der Waals surface area contributed by atoms with E-state index >= 15 is 0 Å². The van der Waals surface area contributed by atoms with Crippen LogP contribution in [0.5, 0.6) is 5.75 Å². The molecule has 112 valence electrons. The zero-order valence-corrected chi connectivity index (χ0v) is 11.6. The first kappa shape index (κ1) is 15.3. The van der Waals surface area contributed by atoms with E-state index in [0.717, 1.165) is 17.4 Å². The highest BCUT2D eigenvalue weighted by Gasteiger charge is 2.33. The van der Waals surface area contributed by atoms with Crippen molar-refractivity contribution in [1.29, 1.82) is 0 Å². The fraction of sp³-hybridized carbons (Fsp3) is 0.231. The smallest absolute Gasteiger partial charge is 0.476 e. The van der Waals surface area contributed by atoms with Gasteiger partial charge < -0.3 is 9.84 Å². The van der Waals surface area contributed by atoms with Crippen LogP contribution in [0.15, 0.2) is 24.3 Å². The first-order valence-electron chi connectivity index (χ1n) is 5.90. The molecule has 0 aliphatic heterocycles. The Morgan fingerprint density at radius 2 is 2.05 bits per heavy atom. The molecule has 0 radical (unpaired) electrons. The van der Waals surface area contributed by atoms with Crippen LogP contribution in [0, 0.1) is 0 Å². The second-order valence-corrected chi connectivity index (χ2v) is 5.07. The number of carboxylic acid groups (broad SMARTS) is 1. The van der Waals surface area contributed by atoms with Crippen LogP contribution >= 0.6 is 11.3 Å². The summed E-state index contributed by atoms with van der Waals surface area (Å²) in [6.45, 7) is 1.78. The van der Waals surface area contributed by atoms with E-state index in [1.54, 1.807) is 6.92 Å². The zero-order valence-electron chi connectivity index (χ0n) is 10.8. The van der Waals surface area contributed by atoms with Gasteiger partial charge in [-0.15, -0.1) is 24.5 Å². The lowest BCUT2D eigenvalue weighted by Crippen LogP contribution is -2.17. The molecule has 1 aromatic heterocycles. The zero-order chi connectivity index (χ0) is 15.6. The van der Waals surface area contributed by atoms with Gasteiger partial charge in [0.2, 0.25) is 0 Å². The molecule has 2 rings (SSSR count). The summed E-state index contributed by atoms with van der Waals surface area (Å²) in [5.41, 5.74) is -0.209. The molecule has 1 heterocycles. The third-order valence-electron chi connectivity index (χ3n) is 2.53. The van der Waals surface area contributed by atoms with E-state index in [1.165, 1.54) is 18.2 Å². The fourth-order valence-electron chi connectivity index (χ4n) is 1.71. The van der Waals surface area contributed by atoms with Gasteiger partial charge in [0, 0.05) is 5.56 Å². The van der Waals surface area contributed by atoms with Crippen molar-refractivity contribution in [2.24, 2.45) is 0 Å². The molecule has 0 saturated heterocycles.